The van der Waals surface area contributed by atoms with Crippen LogP contribution in [-0.2, 0) is 10.0 Å². The molecule has 0 saturated heterocycles. The Morgan fingerprint density at radius 1 is 1.04 bits per heavy atom. The highest BCUT2D eigenvalue weighted by atomic mass is 32.2. The van der Waals surface area contributed by atoms with E-state index in [1.54, 1.807) is 23.5 Å². The fraction of sp³-hybridized carbons (Fsp3) is 0.111. The maximum absolute atomic E-state index is 13.6. The number of rotatable bonds is 6. The van der Waals surface area contributed by atoms with E-state index in [0.717, 1.165) is 17.2 Å². The van der Waals surface area contributed by atoms with Gasteiger partial charge in [-0.2, -0.15) is 11.3 Å². The summed E-state index contributed by atoms with van der Waals surface area (Å²) in [6, 6.07) is 14.3. The first kappa shape index (κ1) is 17.8. The molecule has 1 heterocycles. The lowest BCUT2D eigenvalue weighted by Crippen LogP contribution is -2.29. The maximum atomic E-state index is 13.6. The smallest absolute Gasteiger partial charge is 0.243 e. The van der Waals surface area contributed by atoms with Crippen LogP contribution in [0.2, 0.25) is 0 Å². The van der Waals surface area contributed by atoms with Crippen molar-refractivity contribution >= 4 is 21.4 Å². The highest BCUT2D eigenvalue weighted by Gasteiger charge is 2.20. The fourth-order valence-electron chi connectivity index (χ4n) is 2.37. The lowest BCUT2D eigenvalue weighted by atomic mass is 10.0. The molecule has 3 aromatic rings. The second-order valence-electron chi connectivity index (χ2n) is 5.43. The number of thiophene rings is 1. The molecule has 0 amide bonds. The zero-order valence-electron chi connectivity index (χ0n) is 13.1. The molecular weight excluding hydrogens is 361 g/mol. The lowest BCUT2D eigenvalue weighted by Gasteiger charge is -2.13. The van der Waals surface area contributed by atoms with Gasteiger partial charge in [-0.25, -0.2) is 17.5 Å². The van der Waals surface area contributed by atoms with Crippen molar-refractivity contribution < 1.29 is 17.9 Å². The molecule has 0 aliphatic rings. The standard InChI is InChI=1S/C18H16FNO3S2/c19-16-3-1-2-4-18(16)25(22,23)20-11-17(21)14-7-5-13(6-8-14)15-9-10-24-12-15/h1-10,12,17,20-21H,11H2/t17-/m0/s1. The van der Waals surface area contributed by atoms with Crippen LogP contribution in [0.4, 0.5) is 4.39 Å². The van der Waals surface area contributed by atoms with Crippen LogP contribution in [0, 0.1) is 5.82 Å². The number of nitrogens with one attached hydrogen (secondary N) is 1. The van der Waals surface area contributed by atoms with Gasteiger partial charge in [-0.15, -0.1) is 0 Å². The molecule has 1 atom stereocenters. The quantitative estimate of drug-likeness (QED) is 0.690. The Bertz CT molecular complexity index is 939. The largest absolute Gasteiger partial charge is 0.387 e. The molecule has 4 nitrogen and oxygen atoms in total. The van der Waals surface area contributed by atoms with Crippen molar-refractivity contribution in [2.24, 2.45) is 0 Å². The number of sulfonamides is 1. The predicted octanol–water partition coefficient (Wildman–Crippen LogP) is 3.57. The minimum absolute atomic E-state index is 0.242. The van der Waals surface area contributed by atoms with Gasteiger partial charge in [0.2, 0.25) is 10.0 Å². The van der Waals surface area contributed by atoms with Crippen LogP contribution in [-0.4, -0.2) is 20.1 Å². The van der Waals surface area contributed by atoms with Crippen LogP contribution in [0.1, 0.15) is 11.7 Å². The lowest BCUT2D eigenvalue weighted by molar-refractivity contribution is 0.182. The van der Waals surface area contributed by atoms with Crippen LogP contribution in [0.3, 0.4) is 0 Å². The summed E-state index contributed by atoms with van der Waals surface area (Å²) in [7, 11) is -4.02. The van der Waals surface area contributed by atoms with E-state index in [4.69, 9.17) is 0 Å². The van der Waals surface area contributed by atoms with Crippen molar-refractivity contribution in [1.29, 1.82) is 0 Å². The van der Waals surface area contributed by atoms with E-state index in [0.29, 0.717) is 5.56 Å². The van der Waals surface area contributed by atoms with Gasteiger partial charge in [0.15, 0.2) is 0 Å². The zero-order valence-corrected chi connectivity index (χ0v) is 14.7. The summed E-state index contributed by atoms with van der Waals surface area (Å²) in [5.41, 5.74) is 2.69. The van der Waals surface area contributed by atoms with E-state index >= 15 is 0 Å². The summed E-state index contributed by atoms with van der Waals surface area (Å²) >= 11 is 1.60. The second-order valence-corrected chi connectivity index (χ2v) is 7.95. The van der Waals surface area contributed by atoms with E-state index in [9.17, 15) is 17.9 Å². The third kappa shape index (κ3) is 4.13. The first-order chi connectivity index (χ1) is 12.0. The topological polar surface area (TPSA) is 66.4 Å². The van der Waals surface area contributed by atoms with Gasteiger partial charge in [0.05, 0.1) is 6.10 Å². The van der Waals surface area contributed by atoms with E-state index in [1.165, 1.54) is 18.2 Å². The molecule has 130 valence electrons. The summed E-state index contributed by atoms with van der Waals surface area (Å²) in [4.78, 5) is -0.435. The number of halogens is 1. The molecule has 1 aromatic heterocycles. The van der Waals surface area contributed by atoms with Gasteiger partial charge < -0.3 is 5.11 Å². The minimum Gasteiger partial charge on any atom is -0.387 e. The summed E-state index contributed by atoms with van der Waals surface area (Å²) in [5.74, 6) is -0.829. The predicted molar refractivity (Wildman–Crippen MR) is 96.3 cm³/mol. The summed E-state index contributed by atoms with van der Waals surface area (Å²) < 4.78 is 40.1. The van der Waals surface area contributed by atoms with Gasteiger partial charge in [-0.3, -0.25) is 0 Å². The molecule has 25 heavy (non-hydrogen) atoms. The Balaban J connectivity index is 1.68. The highest BCUT2D eigenvalue weighted by Crippen LogP contribution is 2.24. The molecule has 0 aliphatic heterocycles. The van der Waals surface area contributed by atoms with Crippen LogP contribution in [0.15, 0.2) is 70.3 Å². The minimum atomic E-state index is -4.02. The Morgan fingerprint density at radius 3 is 2.40 bits per heavy atom. The molecular formula is C18H16FNO3S2. The number of aliphatic hydroxyl groups is 1. The molecule has 2 N–H and O–H groups in total. The molecule has 0 radical (unpaired) electrons. The highest BCUT2D eigenvalue weighted by molar-refractivity contribution is 7.89. The second kappa shape index (κ2) is 7.45. The third-order valence-corrected chi connectivity index (χ3v) is 5.88. The first-order valence-electron chi connectivity index (χ1n) is 7.52. The van der Waals surface area contributed by atoms with Crippen molar-refractivity contribution in [1.82, 2.24) is 4.72 Å². The third-order valence-electron chi connectivity index (χ3n) is 3.74. The number of hydrogen-bond donors (Lipinski definition) is 2. The van der Waals surface area contributed by atoms with Crippen LogP contribution < -0.4 is 4.72 Å². The van der Waals surface area contributed by atoms with Crippen molar-refractivity contribution in [3.05, 3.63) is 76.7 Å². The summed E-state index contributed by atoms with van der Waals surface area (Å²) in [6.07, 6.45) is -1.03. The first-order valence-corrected chi connectivity index (χ1v) is 9.95. The van der Waals surface area contributed by atoms with Gasteiger partial charge >= 0.3 is 0 Å². The van der Waals surface area contributed by atoms with Crippen LogP contribution in [0.5, 0.6) is 0 Å². The molecule has 2 aromatic carbocycles. The van der Waals surface area contributed by atoms with Crippen LogP contribution in [0.25, 0.3) is 11.1 Å². The average molecular weight is 377 g/mol. The Kier molecular flexibility index (Phi) is 5.29. The van der Waals surface area contributed by atoms with Gasteiger partial charge in [0.25, 0.3) is 0 Å². The van der Waals surface area contributed by atoms with Crippen LogP contribution >= 0.6 is 11.3 Å². The van der Waals surface area contributed by atoms with Gasteiger partial charge in [-0.1, -0.05) is 36.4 Å². The van der Waals surface area contributed by atoms with Gasteiger partial charge in [-0.05, 0) is 45.6 Å². The number of aliphatic hydroxyl groups excluding tert-OH is 1. The molecule has 0 aliphatic carbocycles. The van der Waals surface area contributed by atoms with Gasteiger partial charge in [0, 0.05) is 6.54 Å². The van der Waals surface area contributed by atoms with E-state index in [1.807, 2.05) is 29.0 Å². The molecule has 0 unspecified atom stereocenters. The Hall–Kier alpha value is -2.06. The van der Waals surface area contributed by atoms with Crippen molar-refractivity contribution in [3.8, 4) is 11.1 Å². The normalized spacial score (nSPS) is 12.9. The van der Waals surface area contributed by atoms with E-state index in [2.05, 4.69) is 4.72 Å². The Morgan fingerprint density at radius 2 is 1.76 bits per heavy atom. The maximum Gasteiger partial charge on any atom is 0.243 e. The average Bonchev–Trinajstić information content (AvgIpc) is 3.15. The SMILES string of the molecule is O=S(=O)(NC[C@H](O)c1ccc(-c2ccsc2)cc1)c1ccccc1F. The van der Waals surface area contributed by atoms with Crippen molar-refractivity contribution in [3.63, 3.8) is 0 Å². The van der Waals surface area contributed by atoms with E-state index < -0.39 is 26.8 Å². The van der Waals surface area contributed by atoms with Crippen molar-refractivity contribution in [2.45, 2.75) is 11.0 Å². The molecule has 3 rings (SSSR count). The van der Waals surface area contributed by atoms with E-state index in [-0.39, 0.29) is 6.54 Å². The fourth-order valence-corrected chi connectivity index (χ4v) is 4.15. The molecule has 0 fully saturated rings. The number of benzene rings is 2. The molecule has 7 heteroatoms. The molecule has 0 spiro atoms. The molecule has 0 saturated carbocycles. The molecule has 0 bridgehead atoms. The zero-order chi connectivity index (χ0) is 17.9. The number of hydrogen-bond acceptors (Lipinski definition) is 4. The Labute approximate surface area is 149 Å². The van der Waals surface area contributed by atoms with Gasteiger partial charge in [0.1, 0.15) is 10.7 Å². The monoisotopic (exact) mass is 377 g/mol. The van der Waals surface area contributed by atoms with Crippen molar-refractivity contribution in [2.75, 3.05) is 6.54 Å². The summed E-state index contributed by atoms with van der Waals surface area (Å²) in [6.45, 7) is -0.242. The summed E-state index contributed by atoms with van der Waals surface area (Å²) in [5, 5.41) is 14.2.